The van der Waals surface area contributed by atoms with E-state index >= 15 is 0 Å². The number of aromatic nitrogens is 1. The van der Waals surface area contributed by atoms with Crippen LogP contribution in [-0.4, -0.2) is 10.6 Å². The predicted octanol–water partition coefficient (Wildman–Crippen LogP) is 5.78. The lowest BCUT2D eigenvalue weighted by atomic mass is 10.1. The third-order valence-corrected chi connectivity index (χ3v) is 5.30. The fourth-order valence-corrected chi connectivity index (χ4v) is 3.42. The van der Waals surface area contributed by atoms with Crippen LogP contribution in [0.1, 0.15) is 22.5 Å². The minimum atomic E-state index is -0.473. The van der Waals surface area contributed by atoms with Crippen LogP contribution in [0.2, 0.25) is 5.02 Å². The Labute approximate surface area is 188 Å². The number of aryl methyl sites for hydroxylation is 2. The first-order valence-electron chi connectivity index (χ1n) is 9.12. The molecule has 1 heterocycles. The highest BCUT2D eigenvalue weighted by Gasteiger charge is 2.12. The van der Waals surface area contributed by atoms with E-state index in [9.17, 15) is 10.1 Å². The summed E-state index contributed by atoms with van der Waals surface area (Å²) in [5, 5.41) is 10.1. The van der Waals surface area contributed by atoms with Gasteiger partial charge in [0.2, 0.25) is 0 Å². The van der Waals surface area contributed by atoms with E-state index in [2.05, 4.69) is 21.4 Å². The van der Waals surface area contributed by atoms with E-state index in [0.717, 1.165) is 21.4 Å². The molecule has 2 aromatic carbocycles. The molecule has 0 bridgehead atoms. The van der Waals surface area contributed by atoms with Gasteiger partial charge in [0.15, 0.2) is 0 Å². The fourth-order valence-electron chi connectivity index (χ4n) is 2.79. The van der Waals surface area contributed by atoms with Gasteiger partial charge in [-0.15, -0.1) is 0 Å². The molecule has 5 nitrogen and oxygen atoms in total. The molecule has 0 aliphatic heterocycles. The zero-order valence-electron chi connectivity index (χ0n) is 16.4. The monoisotopic (exact) mass is 483 g/mol. The van der Waals surface area contributed by atoms with Crippen molar-refractivity contribution in [2.24, 2.45) is 0 Å². The van der Waals surface area contributed by atoms with Gasteiger partial charge in [-0.25, -0.2) is 0 Å². The topological polar surface area (TPSA) is 67.0 Å². The second kappa shape index (κ2) is 9.66. The Bertz CT molecular complexity index is 1120. The molecule has 0 atom stereocenters. The standard InChI is InChI=1S/C23H19BrClN3O2/c1-15-3-4-16(2)28(15)27-23(29)19(13-26)11-18-7-10-22(21(24)12-18)30-14-17-5-8-20(25)9-6-17/h3-12H,14H2,1-2H3,(H,27,29)/b19-11-. The number of nitrogens with zero attached hydrogens (tertiary/aromatic N) is 2. The van der Waals surface area contributed by atoms with Gasteiger partial charge in [0.1, 0.15) is 24.0 Å². The molecular weight excluding hydrogens is 466 g/mol. The molecule has 152 valence electrons. The number of amides is 1. The number of benzene rings is 2. The molecule has 0 spiro atoms. The van der Waals surface area contributed by atoms with Crippen molar-refractivity contribution >= 4 is 39.5 Å². The van der Waals surface area contributed by atoms with Gasteiger partial charge in [0.05, 0.1) is 4.47 Å². The van der Waals surface area contributed by atoms with Gasteiger partial charge in [-0.3, -0.25) is 14.9 Å². The lowest BCUT2D eigenvalue weighted by molar-refractivity contribution is -0.113. The number of carbonyl (C=O) groups is 1. The Morgan fingerprint density at radius 1 is 1.17 bits per heavy atom. The number of carbonyl (C=O) groups excluding carboxylic acids is 1. The molecule has 1 amide bonds. The van der Waals surface area contributed by atoms with Gasteiger partial charge < -0.3 is 4.74 Å². The van der Waals surface area contributed by atoms with Crippen molar-refractivity contribution in [1.82, 2.24) is 4.68 Å². The highest BCUT2D eigenvalue weighted by molar-refractivity contribution is 9.10. The van der Waals surface area contributed by atoms with Crippen molar-refractivity contribution in [3.63, 3.8) is 0 Å². The average molecular weight is 485 g/mol. The van der Waals surface area contributed by atoms with E-state index < -0.39 is 5.91 Å². The van der Waals surface area contributed by atoms with Crippen LogP contribution in [-0.2, 0) is 11.4 Å². The third kappa shape index (κ3) is 5.32. The zero-order chi connectivity index (χ0) is 21.7. The molecule has 0 aliphatic carbocycles. The molecule has 0 fully saturated rings. The van der Waals surface area contributed by atoms with Crippen molar-refractivity contribution in [2.45, 2.75) is 20.5 Å². The Morgan fingerprint density at radius 2 is 1.83 bits per heavy atom. The van der Waals surface area contributed by atoms with Gasteiger partial charge in [0.25, 0.3) is 5.91 Å². The second-order valence-electron chi connectivity index (χ2n) is 6.67. The summed E-state index contributed by atoms with van der Waals surface area (Å²) in [6.07, 6.45) is 1.54. The molecule has 3 rings (SSSR count). The van der Waals surface area contributed by atoms with E-state index in [-0.39, 0.29) is 5.57 Å². The second-order valence-corrected chi connectivity index (χ2v) is 7.96. The zero-order valence-corrected chi connectivity index (χ0v) is 18.8. The number of ether oxygens (including phenoxy) is 1. The van der Waals surface area contributed by atoms with Crippen molar-refractivity contribution in [1.29, 1.82) is 5.26 Å². The normalized spacial score (nSPS) is 11.1. The van der Waals surface area contributed by atoms with Gasteiger partial charge in [-0.1, -0.05) is 29.8 Å². The van der Waals surface area contributed by atoms with Crippen LogP contribution in [0.4, 0.5) is 0 Å². The van der Waals surface area contributed by atoms with Crippen LogP contribution in [0.5, 0.6) is 5.75 Å². The van der Waals surface area contributed by atoms with Crippen molar-refractivity contribution < 1.29 is 9.53 Å². The van der Waals surface area contributed by atoms with Crippen LogP contribution in [0.3, 0.4) is 0 Å². The summed E-state index contributed by atoms with van der Waals surface area (Å²) in [5.41, 5.74) is 6.20. The summed E-state index contributed by atoms with van der Waals surface area (Å²) < 4.78 is 8.21. The molecule has 30 heavy (non-hydrogen) atoms. The minimum absolute atomic E-state index is 0.00392. The maximum atomic E-state index is 12.5. The van der Waals surface area contributed by atoms with Crippen LogP contribution in [0, 0.1) is 25.2 Å². The summed E-state index contributed by atoms with van der Waals surface area (Å²) in [6, 6.07) is 18.6. The Morgan fingerprint density at radius 3 is 2.43 bits per heavy atom. The lowest BCUT2D eigenvalue weighted by Crippen LogP contribution is -2.25. The van der Waals surface area contributed by atoms with Crippen molar-refractivity contribution in [2.75, 3.05) is 5.43 Å². The largest absolute Gasteiger partial charge is 0.488 e. The number of nitrogens with one attached hydrogen (secondary N) is 1. The van der Waals surface area contributed by atoms with Crippen LogP contribution >= 0.6 is 27.5 Å². The van der Waals surface area contributed by atoms with E-state index in [1.165, 1.54) is 6.08 Å². The van der Waals surface area contributed by atoms with Crippen LogP contribution < -0.4 is 10.2 Å². The number of hydrogen-bond acceptors (Lipinski definition) is 3. The summed E-state index contributed by atoms with van der Waals surface area (Å²) >= 11 is 9.38. The average Bonchev–Trinajstić information content (AvgIpc) is 3.04. The molecular formula is C23H19BrClN3O2. The van der Waals surface area contributed by atoms with Crippen LogP contribution in [0.25, 0.3) is 6.08 Å². The van der Waals surface area contributed by atoms with Gasteiger partial charge in [0, 0.05) is 16.4 Å². The number of nitriles is 1. The number of rotatable bonds is 6. The molecule has 3 aromatic rings. The summed E-state index contributed by atoms with van der Waals surface area (Å²) in [4.78, 5) is 12.5. The fraction of sp³-hybridized carbons (Fsp3) is 0.130. The maximum Gasteiger partial charge on any atom is 0.280 e. The summed E-state index contributed by atoms with van der Waals surface area (Å²) in [7, 11) is 0. The van der Waals surface area contributed by atoms with Crippen molar-refractivity contribution in [3.05, 3.63) is 92.2 Å². The first kappa shape index (κ1) is 21.7. The quantitative estimate of drug-likeness (QED) is 0.356. The van der Waals surface area contributed by atoms with Gasteiger partial charge in [-0.05, 0) is 83.4 Å². The highest BCUT2D eigenvalue weighted by atomic mass is 79.9. The molecule has 0 saturated heterocycles. The van der Waals surface area contributed by atoms with E-state index in [0.29, 0.717) is 22.9 Å². The molecule has 7 heteroatoms. The minimum Gasteiger partial charge on any atom is -0.488 e. The first-order valence-corrected chi connectivity index (χ1v) is 10.3. The maximum absolute atomic E-state index is 12.5. The molecule has 1 N–H and O–H groups in total. The molecule has 0 aliphatic rings. The number of hydrogen-bond donors (Lipinski definition) is 1. The smallest absolute Gasteiger partial charge is 0.280 e. The SMILES string of the molecule is Cc1ccc(C)n1NC(=O)/C(C#N)=C\c1ccc(OCc2ccc(Cl)cc2)c(Br)c1. The van der Waals surface area contributed by atoms with Crippen molar-refractivity contribution in [3.8, 4) is 11.8 Å². The van der Waals surface area contributed by atoms with E-state index in [4.69, 9.17) is 16.3 Å². The molecule has 1 aromatic heterocycles. The Balaban J connectivity index is 1.72. The number of halogens is 2. The molecule has 0 unspecified atom stereocenters. The Hall–Kier alpha value is -3.01. The van der Waals surface area contributed by atoms with Crippen LogP contribution in [0.15, 0.2) is 64.6 Å². The first-order chi connectivity index (χ1) is 14.4. The van der Waals surface area contributed by atoms with E-state index in [1.807, 2.05) is 56.3 Å². The van der Waals surface area contributed by atoms with E-state index in [1.54, 1.807) is 22.9 Å². The highest BCUT2D eigenvalue weighted by Crippen LogP contribution is 2.28. The van der Waals surface area contributed by atoms with Gasteiger partial charge in [-0.2, -0.15) is 5.26 Å². The summed E-state index contributed by atoms with van der Waals surface area (Å²) in [6.45, 7) is 4.15. The third-order valence-electron chi connectivity index (χ3n) is 4.42. The lowest BCUT2D eigenvalue weighted by Gasteiger charge is -2.11. The molecule has 0 saturated carbocycles. The molecule has 0 radical (unpaired) electrons. The predicted molar refractivity (Wildman–Crippen MR) is 122 cm³/mol. The Kier molecular flexibility index (Phi) is 6.99. The summed E-state index contributed by atoms with van der Waals surface area (Å²) in [5.74, 6) is 0.183. The van der Waals surface area contributed by atoms with Gasteiger partial charge >= 0.3 is 0 Å².